The average Bonchev–Trinajstić information content (AvgIpc) is 2.54. The highest BCUT2D eigenvalue weighted by atomic mass is 16.3. The molecular weight excluding hydrogens is 304 g/mol. The van der Waals surface area contributed by atoms with Crippen LogP contribution in [0.5, 0.6) is 5.88 Å². The van der Waals surface area contributed by atoms with Gasteiger partial charge >= 0.3 is 0 Å². The van der Waals surface area contributed by atoms with E-state index in [1.807, 2.05) is 36.4 Å². The van der Waals surface area contributed by atoms with E-state index in [2.05, 4.69) is 9.97 Å². The van der Waals surface area contributed by atoms with Gasteiger partial charge in [-0.15, -0.1) is 0 Å². The molecule has 5 heteroatoms. The minimum atomic E-state index is -0.493. The van der Waals surface area contributed by atoms with E-state index in [0.29, 0.717) is 5.22 Å². The summed E-state index contributed by atoms with van der Waals surface area (Å²) >= 11 is 0. The van der Waals surface area contributed by atoms with E-state index in [0.717, 1.165) is 22.0 Å². The van der Waals surface area contributed by atoms with Crippen molar-refractivity contribution in [3.63, 3.8) is 0 Å². The Kier molecular flexibility index (Phi) is 3.20. The Morgan fingerprint density at radius 3 is 2.92 bits per heavy atom. The van der Waals surface area contributed by atoms with Gasteiger partial charge in [-0.3, -0.25) is 14.8 Å². The molecule has 1 aliphatic carbocycles. The third-order valence-electron chi connectivity index (χ3n) is 4.07. The van der Waals surface area contributed by atoms with Gasteiger partial charge in [-0.05, 0) is 28.5 Å². The maximum atomic E-state index is 11.9. The van der Waals surface area contributed by atoms with Crippen molar-refractivity contribution in [1.82, 2.24) is 9.97 Å². The number of pyridine rings is 2. The van der Waals surface area contributed by atoms with Crippen molar-refractivity contribution >= 4 is 28.8 Å². The minimum absolute atomic E-state index is 0.00152. The summed E-state index contributed by atoms with van der Waals surface area (Å²) < 4.78 is 0. The molecule has 0 bridgehead atoms. The van der Waals surface area contributed by atoms with Crippen molar-refractivity contribution in [3.8, 4) is 5.88 Å². The van der Waals surface area contributed by atoms with Crippen LogP contribution in [0.1, 0.15) is 12.0 Å². The Labute approximate surface area is 136 Å². The summed E-state index contributed by atoms with van der Waals surface area (Å²) in [7, 11) is 0. The fourth-order valence-electron chi connectivity index (χ4n) is 3.05. The van der Waals surface area contributed by atoms with Gasteiger partial charge in [0, 0.05) is 24.1 Å². The molecule has 0 atom stereocenters. The number of nitrogens with one attached hydrogen (secondary N) is 1. The Bertz CT molecular complexity index is 1170. The number of aromatic hydroxyl groups is 1. The van der Waals surface area contributed by atoms with E-state index in [1.54, 1.807) is 12.3 Å². The lowest BCUT2D eigenvalue weighted by Gasteiger charge is -2.10. The van der Waals surface area contributed by atoms with Crippen LogP contribution in [0.4, 0.5) is 0 Å². The Hall–Kier alpha value is -3.34. The monoisotopic (exact) mass is 318 g/mol. The van der Waals surface area contributed by atoms with Gasteiger partial charge in [0.15, 0.2) is 5.88 Å². The van der Waals surface area contributed by atoms with E-state index in [1.165, 1.54) is 6.07 Å². The zero-order chi connectivity index (χ0) is 16.7. The molecule has 0 fully saturated rings. The van der Waals surface area contributed by atoms with Gasteiger partial charge in [0.25, 0.3) is 5.56 Å². The van der Waals surface area contributed by atoms with E-state index in [-0.39, 0.29) is 23.3 Å². The number of aromatic amines is 1. The predicted molar refractivity (Wildman–Crippen MR) is 92.8 cm³/mol. The molecule has 0 spiro atoms. The third kappa shape index (κ3) is 2.36. The van der Waals surface area contributed by atoms with E-state index >= 15 is 0 Å². The van der Waals surface area contributed by atoms with Gasteiger partial charge in [0.2, 0.25) is 0 Å². The standard InChI is InChI=1S/C19H14N2O3/c22-16-9-11(8-13-10-17(23)21-19(24)18(13)16)7-12-3-1-5-15-14(12)4-2-6-20-15/h1-8,10,22-23H,9H2,(H,21,24). The maximum absolute atomic E-state index is 11.9. The first-order valence-electron chi connectivity index (χ1n) is 7.52. The number of aromatic nitrogens is 2. The minimum Gasteiger partial charge on any atom is -0.511 e. The maximum Gasteiger partial charge on any atom is 0.261 e. The molecule has 3 N–H and O–H groups in total. The molecule has 2 heterocycles. The Morgan fingerprint density at radius 1 is 1.17 bits per heavy atom. The first-order chi connectivity index (χ1) is 11.6. The van der Waals surface area contributed by atoms with Crippen LogP contribution in [-0.2, 0) is 0 Å². The molecule has 0 amide bonds. The summed E-state index contributed by atoms with van der Waals surface area (Å²) in [6.07, 6.45) is 5.77. The van der Waals surface area contributed by atoms with Crippen LogP contribution in [0.2, 0.25) is 0 Å². The first-order valence-corrected chi connectivity index (χ1v) is 7.52. The van der Waals surface area contributed by atoms with Crippen molar-refractivity contribution in [2.45, 2.75) is 6.42 Å². The highest BCUT2D eigenvalue weighted by molar-refractivity contribution is 5.89. The summed E-state index contributed by atoms with van der Waals surface area (Å²) in [5, 5.41) is 21.5. The van der Waals surface area contributed by atoms with Crippen LogP contribution in [0.25, 0.3) is 28.8 Å². The largest absolute Gasteiger partial charge is 0.511 e. The van der Waals surface area contributed by atoms with Crippen LogP contribution < -0.4 is 16.0 Å². The Balaban J connectivity index is 1.93. The number of aliphatic hydroxyl groups excluding tert-OH is 1. The smallest absolute Gasteiger partial charge is 0.261 e. The summed E-state index contributed by atoms with van der Waals surface area (Å²) in [5.41, 5.74) is 2.23. The second-order valence-electron chi connectivity index (χ2n) is 5.72. The number of hydrogen-bond donors (Lipinski definition) is 3. The second kappa shape index (κ2) is 5.38. The van der Waals surface area contributed by atoms with Crippen LogP contribution in [0.3, 0.4) is 0 Å². The van der Waals surface area contributed by atoms with E-state index in [4.69, 9.17) is 0 Å². The molecular formula is C19H14N2O3. The van der Waals surface area contributed by atoms with Crippen molar-refractivity contribution in [1.29, 1.82) is 0 Å². The number of H-pyrrole nitrogens is 1. The number of fused-ring (bicyclic) bond motifs is 2. The number of nitrogens with zero attached hydrogens (tertiary/aromatic N) is 1. The molecule has 0 radical (unpaired) electrons. The van der Waals surface area contributed by atoms with Crippen LogP contribution in [0.15, 0.2) is 53.0 Å². The highest BCUT2D eigenvalue weighted by Gasteiger charge is 2.11. The lowest BCUT2D eigenvalue weighted by atomic mass is 9.98. The lowest BCUT2D eigenvalue weighted by molar-refractivity contribution is 0.449. The van der Waals surface area contributed by atoms with Gasteiger partial charge in [-0.2, -0.15) is 0 Å². The zero-order valence-electron chi connectivity index (χ0n) is 12.7. The van der Waals surface area contributed by atoms with Crippen molar-refractivity contribution in [2.24, 2.45) is 0 Å². The number of rotatable bonds is 1. The van der Waals surface area contributed by atoms with E-state index in [9.17, 15) is 15.0 Å². The fraction of sp³-hybridized carbons (Fsp3) is 0.0526. The van der Waals surface area contributed by atoms with Crippen molar-refractivity contribution in [2.75, 3.05) is 0 Å². The summed E-state index contributed by atoms with van der Waals surface area (Å²) in [5.74, 6) is -0.225. The molecule has 4 rings (SSSR count). The van der Waals surface area contributed by atoms with Crippen molar-refractivity contribution < 1.29 is 10.2 Å². The lowest BCUT2D eigenvalue weighted by Crippen LogP contribution is -2.43. The SMILES string of the molecule is O=c1[nH]c(O)cc2c1=C(O)CC(=Cc1cccc3ncccc13)C=2. The van der Waals surface area contributed by atoms with Gasteiger partial charge in [0.05, 0.1) is 10.7 Å². The highest BCUT2D eigenvalue weighted by Crippen LogP contribution is 2.22. The molecule has 0 saturated heterocycles. The van der Waals surface area contributed by atoms with Crippen LogP contribution in [0, 0.1) is 0 Å². The predicted octanol–water partition coefficient (Wildman–Crippen LogP) is 1.56. The summed E-state index contributed by atoms with van der Waals surface area (Å²) in [6.45, 7) is 0. The van der Waals surface area contributed by atoms with Gasteiger partial charge in [-0.1, -0.05) is 30.4 Å². The van der Waals surface area contributed by atoms with Gasteiger partial charge in [0.1, 0.15) is 5.76 Å². The van der Waals surface area contributed by atoms with Gasteiger partial charge in [-0.25, -0.2) is 0 Å². The molecule has 24 heavy (non-hydrogen) atoms. The first kappa shape index (κ1) is 14.3. The number of benzene rings is 1. The molecule has 0 saturated carbocycles. The molecule has 5 nitrogen and oxygen atoms in total. The molecule has 118 valence electrons. The zero-order valence-corrected chi connectivity index (χ0v) is 12.7. The topological polar surface area (TPSA) is 86.2 Å². The van der Waals surface area contributed by atoms with E-state index < -0.39 is 5.56 Å². The quantitative estimate of drug-likeness (QED) is 0.635. The molecule has 0 aliphatic heterocycles. The van der Waals surface area contributed by atoms with Crippen LogP contribution >= 0.6 is 0 Å². The normalized spacial score (nSPS) is 15.3. The number of aliphatic hydroxyl groups is 1. The molecule has 1 aromatic carbocycles. The molecule has 1 aliphatic rings. The Morgan fingerprint density at radius 2 is 2.04 bits per heavy atom. The average molecular weight is 318 g/mol. The molecule has 0 unspecified atom stereocenters. The van der Waals surface area contributed by atoms with Crippen LogP contribution in [-0.4, -0.2) is 20.2 Å². The number of hydrogen-bond acceptors (Lipinski definition) is 4. The fourth-order valence-corrected chi connectivity index (χ4v) is 3.05. The third-order valence-corrected chi connectivity index (χ3v) is 4.07. The summed E-state index contributed by atoms with van der Waals surface area (Å²) in [4.78, 5) is 18.5. The summed E-state index contributed by atoms with van der Waals surface area (Å²) in [6, 6.07) is 11.2. The molecule has 3 aromatic rings. The second-order valence-corrected chi connectivity index (χ2v) is 5.72. The van der Waals surface area contributed by atoms with Gasteiger partial charge < -0.3 is 10.2 Å². The van der Waals surface area contributed by atoms with Crippen molar-refractivity contribution in [3.05, 3.63) is 74.5 Å². The molecule has 2 aromatic heterocycles.